The minimum atomic E-state index is -0.141. The molecule has 0 radical (unpaired) electrons. The van der Waals surface area contributed by atoms with E-state index in [1.807, 2.05) is 31.2 Å². The van der Waals surface area contributed by atoms with E-state index in [0.29, 0.717) is 17.8 Å². The summed E-state index contributed by atoms with van der Waals surface area (Å²) in [5.41, 5.74) is 3.47. The molecular weight excluding hydrogens is 264 g/mol. The fraction of sp³-hybridized carbons (Fsp3) is 0.176. The van der Waals surface area contributed by atoms with Gasteiger partial charge in [-0.3, -0.25) is 9.59 Å². The van der Waals surface area contributed by atoms with E-state index in [-0.39, 0.29) is 11.8 Å². The van der Waals surface area contributed by atoms with Gasteiger partial charge in [0.25, 0.3) is 0 Å². The molecule has 4 nitrogen and oxygen atoms in total. The highest BCUT2D eigenvalue weighted by atomic mass is 16.2. The molecule has 2 N–H and O–H groups in total. The van der Waals surface area contributed by atoms with Gasteiger partial charge in [-0.15, -0.1) is 0 Å². The lowest BCUT2D eigenvalue weighted by molar-refractivity contribution is -0.115. The molecule has 0 aliphatic carbocycles. The Morgan fingerprint density at radius 3 is 2.19 bits per heavy atom. The summed E-state index contributed by atoms with van der Waals surface area (Å²) < 4.78 is 0. The van der Waals surface area contributed by atoms with Crippen molar-refractivity contribution < 1.29 is 9.59 Å². The largest absolute Gasteiger partial charge is 0.326 e. The normalized spacial score (nSPS) is 10.0. The summed E-state index contributed by atoms with van der Waals surface area (Å²) in [6, 6.07) is 14.9. The molecule has 2 rings (SSSR count). The van der Waals surface area contributed by atoms with Gasteiger partial charge < -0.3 is 10.6 Å². The Bertz CT molecular complexity index is 648. The first-order chi connectivity index (χ1) is 10.0. The van der Waals surface area contributed by atoms with Crippen LogP contribution < -0.4 is 10.6 Å². The molecule has 2 amide bonds. The topological polar surface area (TPSA) is 58.2 Å². The first-order valence-electron chi connectivity index (χ1n) is 6.76. The van der Waals surface area contributed by atoms with Crippen LogP contribution in [-0.4, -0.2) is 11.8 Å². The first kappa shape index (κ1) is 14.8. The fourth-order valence-corrected chi connectivity index (χ4v) is 1.97. The quantitative estimate of drug-likeness (QED) is 0.905. The SMILES string of the molecule is CC(=O)Nc1cccc(NC(=O)Cc2ccc(C)cc2)c1. The van der Waals surface area contributed by atoms with Crippen LogP contribution in [0.15, 0.2) is 48.5 Å². The second-order valence-corrected chi connectivity index (χ2v) is 4.97. The lowest BCUT2D eigenvalue weighted by atomic mass is 10.1. The monoisotopic (exact) mass is 282 g/mol. The van der Waals surface area contributed by atoms with E-state index >= 15 is 0 Å². The highest BCUT2D eigenvalue weighted by molar-refractivity contribution is 5.94. The van der Waals surface area contributed by atoms with Crippen molar-refractivity contribution in [3.05, 3.63) is 59.7 Å². The van der Waals surface area contributed by atoms with E-state index in [4.69, 9.17) is 0 Å². The molecule has 0 bridgehead atoms. The molecule has 0 aliphatic heterocycles. The van der Waals surface area contributed by atoms with E-state index in [2.05, 4.69) is 10.6 Å². The van der Waals surface area contributed by atoms with Gasteiger partial charge in [0.1, 0.15) is 0 Å². The highest BCUT2D eigenvalue weighted by Gasteiger charge is 2.05. The van der Waals surface area contributed by atoms with Crippen molar-refractivity contribution in [3.8, 4) is 0 Å². The molecule has 4 heteroatoms. The molecule has 2 aromatic rings. The minimum absolute atomic E-state index is 0.0844. The molecule has 108 valence electrons. The number of hydrogen-bond acceptors (Lipinski definition) is 2. The van der Waals surface area contributed by atoms with Gasteiger partial charge in [-0.2, -0.15) is 0 Å². The predicted octanol–water partition coefficient (Wildman–Crippen LogP) is 3.13. The van der Waals surface area contributed by atoms with Crippen molar-refractivity contribution in [2.75, 3.05) is 10.6 Å². The molecular formula is C17H18N2O2. The van der Waals surface area contributed by atoms with Crippen LogP contribution in [0.3, 0.4) is 0 Å². The summed E-state index contributed by atoms with van der Waals surface area (Å²) in [6.45, 7) is 3.46. The number of rotatable bonds is 4. The maximum atomic E-state index is 12.0. The van der Waals surface area contributed by atoms with E-state index < -0.39 is 0 Å². The molecule has 0 unspecified atom stereocenters. The first-order valence-corrected chi connectivity index (χ1v) is 6.76. The van der Waals surface area contributed by atoms with Gasteiger partial charge in [-0.25, -0.2) is 0 Å². The zero-order valence-electron chi connectivity index (χ0n) is 12.1. The van der Waals surface area contributed by atoms with Crippen molar-refractivity contribution in [3.63, 3.8) is 0 Å². The second kappa shape index (κ2) is 6.70. The van der Waals surface area contributed by atoms with Gasteiger partial charge in [0.15, 0.2) is 0 Å². The van der Waals surface area contributed by atoms with Crippen LogP contribution >= 0.6 is 0 Å². The average Bonchev–Trinajstić information content (AvgIpc) is 2.41. The van der Waals surface area contributed by atoms with Crippen molar-refractivity contribution in [2.45, 2.75) is 20.3 Å². The Kier molecular flexibility index (Phi) is 4.72. The van der Waals surface area contributed by atoms with E-state index in [1.54, 1.807) is 24.3 Å². The summed E-state index contributed by atoms with van der Waals surface area (Å²) in [5.74, 6) is -0.225. The van der Waals surface area contributed by atoms with Gasteiger partial charge in [-0.05, 0) is 30.7 Å². The van der Waals surface area contributed by atoms with Crippen molar-refractivity contribution in [1.82, 2.24) is 0 Å². The van der Waals surface area contributed by atoms with Gasteiger partial charge >= 0.3 is 0 Å². The molecule has 0 atom stereocenters. The number of hydrogen-bond donors (Lipinski definition) is 2. The molecule has 2 aromatic carbocycles. The molecule has 0 saturated carbocycles. The Morgan fingerprint density at radius 2 is 1.57 bits per heavy atom. The van der Waals surface area contributed by atoms with Crippen molar-refractivity contribution in [2.24, 2.45) is 0 Å². The van der Waals surface area contributed by atoms with Crippen LogP contribution in [0.2, 0.25) is 0 Å². The summed E-state index contributed by atoms with van der Waals surface area (Å²) in [4.78, 5) is 23.0. The number of nitrogens with one attached hydrogen (secondary N) is 2. The van der Waals surface area contributed by atoms with Crippen LogP contribution in [0.1, 0.15) is 18.1 Å². The molecule has 0 fully saturated rings. The standard InChI is InChI=1S/C17H18N2O2/c1-12-6-8-14(9-7-12)10-17(21)19-16-5-3-4-15(11-16)18-13(2)20/h3-9,11H,10H2,1-2H3,(H,18,20)(H,19,21). The average molecular weight is 282 g/mol. The van der Waals surface area contributed by atoms with E-state index in [0.717, 1.165) is 5.56 Å². The predicted molar refractivity (Wildman–Crippen MR) is 84.3 cm³/mol. The van der Waals surface area contributed by atoms with Crippen molar-refractivity contribution >= 4 is 23.2 Å². The second-order valence-electron chi connectivity index (χ2n) is 4.97. The molecule has 0 saturated heterocycles. The van der Waals surface area contributed by atoms with Crippen LogP contribution in [0.5, 0.6) is 0 Å². The van der Waals surface area contributed by atoms with Crippen LogP contribution in [-0.2, 0) is 16.0 Å². The molecule has 0 aromatic heterocycles. The van der Waals surface area contributed by atoms with Gasteiger partial charge in [0.05, 0.1) is 6.42 Å². The Hall–Kier alpha value is -2.62. The minimum Gasteiger partial charge on any atom is -0.326 e. The number of benzene rings is 2. The zero-order chi connectivity index (χ0) is 15.2. The van der Waals surface area contributed by atoms with Crippen LogP contribution in [0, 0.1) is 6.92 Å². The maximum absolute atomic E-state index is 12.0. The summed E-state index contributed by atoms with van der Waals surface area (Å²) in [5, 5.41) is 5.51. The lowest BCUT2D eigenvalue weighted by Gasteiger charge is -2.08. The Morgan fingerprint density at radius 1 is 0.952 bits per heavy atom. The maximum Gasteiger partial charge on any atom is 0.228 e. The number of anilines is 2. The van der Waals surface area contributed by atoms with E-state index in [1.165, 1.54) is 12.5 Å². The Balaban J connectivity index is 1.99. The van der Waals surface area contributed by atoms with Crippen LogP contribution in [0.25, 0.3) is 0 Å². The molecule has 0 spiro atoms. The summed E-state index contributed by atoms with van der Waals surface area (Å²) in [6.07, 6.45) is 0.324. The molecule has 21 heavy (non-hydrogen) atoms. The fourth-order valence-electron chi connectivity index (χ4n) is 1.97. The number of carbonyl (C=O) groups is 2. The van der Waals surface area contributed by atoms with Crippen LogP contribution in [0.4, 0.5) is 11.4 Å². The van der Waals surface area contributed by atoms with Gasteiger partial charge in [0.2, 0.25) is 11.8 Å². The summed E-state index contributed by atoms with van der Waals surface area (Å²) in [7, 11) is 0. The lowest BCUT2D eigenvalue weighted by Crippen LogP contribution is -2.14. The third-order valence-electron chi connectivity index (χ3n) is 2.95. The molecule has 0 aliphatic rings. The van der Waals surface area contributed by atoms with Crippen molar-refractivity contribution in [1.29, 1.82) is 0 Å². The number of carbonyl (C=O) groups excluding carboxylic acids is 2. The zero-order valence-corrected chi connectivity index (χ0v) is 12.1. The highest BCUT2D eigenvalue weighted by Crippen LogP contribution is 2.15. The number of aryl methyl sites for hydroxylation is 1. The third-order valence-corrected chi connectivity index (χ3v) is 2.95. The third kappa shape index (κ3) is 4.76. The number of amides is 2. The van der Waals surface area contributed by atoms with Gasteiger partial charge in [-0.1, -0.05) is 35.9 Å². The smallest absolute Gasteiger partial charge is 0.228 e. The van der Waals surface area contributed by atoms with Gasteiger partial charge in [0, 0.05) is 18.3 Å². The van der Waals surface area contributed by atoms with E-state index in [9.17, 15) is 9.59 Å². The summed E-state index contributed by atoms with van der Waals surface area (Å²) >= 11 is 0. The Labute approximate surface area is 124 Å². The molecule has 0 heterocycles.